The molecule has 0 aromatic heterocycles. The van der Waals surface area contributed by atoms with E-state index in [1.807, 2.05) is 0 Å². The van der Waals surface area contributed by atoms with Crippen molar-refractivity contribution in [1.29, 1.82) is 0 Å². The second-order valence-corrected chi connectivity index (χ2v) is 2.93. The van der Waals surface area contributed by atoms with Crippen molar-refractivity contribution < 1.29 is 10.2 Å². The third-order valence-electron chi connectivity index (χ3n) is 1.97. The highest BCUT2D eigenvalue weighted by Crippen LogP contribution is 2.27. The van der Waals surface area contributed by atoms with Gasteiger partial charge in [0, 0.05) is 6.42 Å². The van der Waals surface area contributed by atoms with Crippen LogP contribution in [-0.4, -0.2) is 21.9 Å². The molecule has 0 spiro atoms. The third kappa shape index (κ3) is 1.50. The van der Waals surface area contributed by atoms with Crippen LogP contribution in [0.4, 0.5) is 0 Å². The summed E-state index contributed by atoms with van der Waals surface area (Å²) in [5, 5.41) is 18.6. The van der Waals surface area contributed by atoms with E-state index in [0.29, 0.717) is 12.8 Å². The molecule has 0 amide bonds. The fourth-order valence-electron chi connectivity index (χ4n) is 1.36. The van der Waals surface area contributed by atoms with E-state index in [1.54, 1.807) is 0 Å². The molecule has 0 unspecified atom stereocenters. The molecule has 0 radical (unpaired) electrons. The largest absolute Gasteiger partial charge is 0.393 e. The van der Waals surface area contributed by atoms with Gasteiger partial charge in [0.05, 0.1) is 6.10 Å². The van der Waals surface area contributed by atoms with E-state index in [9.17, 15) is 5.11 Å². The van der Waals surface area contributed by atoms with Crippen LogP contribution in [-0.2, 0) is 0 Å². The summed E-state index contributed by atoms with van der Waals surface area (Å²) in [5.41, 5.74) is -1.03. The van der Waals surface area contributed by atoms with Crippen LogP contribution >= 0.6 is 0 Å². The van der Waals surface area contributed by atoms with Crippen LogP contribution in [0.2, 0.25) is 0 Å². The fourth-order valence-corrected chi connectivity index (χ4v) is 1.36. The molecule has 1 aliphatic rings. The minimum atomic E-state index is -1.03. The van der Waals surface area contributed by atoms with Crippen LogP contribution in [0, 0.1) is 12.3 Å². The molecule has 0 heterocycles. The summed E-state index contributed by atoms with van der Waals surface area (Å²) >= 11 is 0. The number of hydrogen-bond acceptors (Lipinski definition) is 2. The highest BCUT2D eigenvalue weighted by atomic mass is 16.3. The first-order chi connectivity index (χ1) is 4.66. The lowest BCUT2D eigenvalue weighted by molar-refractivity contribution is -0.00381. The van der Waals surface area contributed by atoms with Crippen molar-refractivity contribution in [3.05, 3.63) is 0 Å². The molecule has 1 fully saturated rings. The van der Waals surface area contributed by atoms with Crippen molar-refractivity contribution in [1.82, 2.24) is 0 Å². The number of aliphatic hydroxyl groups excluding tert-OH is 1. The molecule has 0 saturated heterocycles. The first-order valence-electron chi connectivity index (χ1n) is 3.54. The zero-order valence-electron chi connectivity index (χ0n) is 5.88. The van der Waals surface area contributed by atoms with Gasteiger partial charge in [-0.3, -0.25) is 0 Å². The van der Waals surface area contributed by atoms with E-state index in [4.69, 9.17) is 11.5 Å². The van der Waals surface area contributed by atoms with Crippen LogP contribution in [0.3, 0.4) is 0 Å². The molecule has 0 aliphatic heterocycles. The maximum atomic E-state index is 9.45. The molecular formula is C8H12O2. The van der Waals surface area contributed by atoms with Crippen molar-refractivity contribution >= 4 is 0 Å². The Bertz CT molecular complexity index is 159. The summed E-state index contributed by atoms with van der Waals surface area (Å²) < 4.78 is 0. The highest BCUT2D eigenvalue weighted by Gasteiger charge is 2.31. The van der Waals surface area contributed by atoms with Crippen molar-refractivity contribution in [2.24, 2.45) is 0 Å². The summed E-state index contributed by atoms with van der Waals surface area (Å²) in [6, 6.07) is 0. The standard InChI is InChI=1S/C8H12O2/c1-2-8(10)5-3-4-7(9)6-8/h1,7,9-10H,3-6H2/t7-,8+/m1/s1. The van der Waals surface area contributed by atoms with Gasteiger partial charge in [0.15, 0.2) is 0 Å². The Kier molecular flexibility index (Phi) is 1.98. The average molecular weight is 140 g/mol. The maximum Gasteiger partial charge on any atom is 0.127 e. The minimum absolute atomic E-state index is 0.337. The predicted molar refractivity (Wildman–Crippen MR) is 38.3 cm³/mol. The van der Waals surface area contributed by atoms with Gasteiger partial charge in [-0.25, -0.2) is 0 Å². The fraction of sp³-hybridized carbons (Fsp3) is 0.750. The molecule has 56 valence electrons. The first-order valence-corrected chi connectivity index (χ1v) is 3.54. The predicted octanol–water partition coefficient (Wildman–Crippen LogP) is 0.286. The van der Waals surface area contributed by atoms with E-state index < -0.39 is 11.7 Å². The zero-order chi connectivity index (χ0) is 7.61. The van der Waals surface area contributed by atoms with Gasteiger partial charge >= 0.3 is 0 Å². The van der Waals surface area contributed by atoms with Gasteiger partial charge in [0.25, 0.3) is 0 Å². The van der Waals surface area contributed by atoms with Crippen LogP contribution in [0.15, 0.2) is 0 Å². The molecule has 10 heavy (non-hydrogen) atoms. The van der Waals surface area contributed by atoms with E-state index in [2.05, 4.69) is 5.92 Å². The molecule has 1 aliphatic carbocycles. The van der Waals surface area contributed by atoms with Crippen molar-refractivity contribution in [3.63, 3.8) is 0 Å². The highest BCUT2D eigenvalue weighted by molar-refractivity contribution is 5.09. The van der Waals surface area contributed by atoms with Gasteiger partial charge in [-0.15, -0.1) is 6.42 Å². The molecule has 2 heteroatoms. The van der Waals surface area contributed by atoms with Crippen LogP contribution in [0.25, 0.3) is 0 Å². The quantitative estimate of drug-likeness (QED) is 0.475. The minimum Gasteiger partial charge on any atom is -0.393 e. The van der Waals surface area contributed by atoms with Gasteiger partial charge in [0.1, 0.15) is 5.60 Å². The molecule has 2 nitrogen and oxygen atoms in total. The second kappa shape index (κ2) is 2.61. The monoisotopic (exact) mass is 140 g/mol. The lowest BCUT2D eigenvalue weighted by Crippen LogP contribution is -2.35. The van der Waals surface area contributed by atoms with Gasteiger partial charge < -0.3 is 10.2 Å². The lowest BCUT2D eigenvalue weighted by atomic mass is 9.84. The van der Waals surface area contributed by atoms with Crippen molar-refractivity contribution in [3.8, 4) is 12.3 Å². The molecule has 0 bridgehead atoms. The molecule has 2 atom stereocenters. The molecular weight excluding hydrogens is 128 g/mol. The molecule has 1 saturated carbocycles. The zero-order valence-corrected chi connectivity index (χ0v) is 5.88. The van der Waals surface area contributed by atoms with Crippen LogP contribution in [0.1, 0.15) is 25.7 Å². The Morgan fingerprint density at radius 3 is 2.70 bits per heavy atom. The van der Waals surface area contributed by atoms with E-state index in [1.165, 1.54) is 0 Å². The van der Waals surface area contributed by atoms with Gasteiger partial charge in [0.2, 0.25) is 0 Å². The average Bonchev–Trinajstić information content (AvgIpc) is 1.88. The maximum absolute atomic E-state index is 9.45. The first kappa shape index (κ1) is 7.59. The summed E-state index contributed by atoms with van der Waals surface area (Å²) in [7, 11) is 0. The molecule has 1 rings (SSSR count). The summed E-state index contributed by atoms with van der Waals surface area (Å²) in [4.78, 5) is 0. The molecule has 0 aromatic carbocycles. The van der Waals surface area contributed by atoms with Gasteiger partial charge in [-0.1, -0.05) is 5.92 Å². The Balaban J connectivity index is 2.56. The summed E-state index contributed by atoms with van der Waals surface area (Å²) in [6.07, 6.45) is 7.23. The summed E-state index contributed by atoms with van der Waals surface area (Å²) in [5.74, 6) is 2.31. The van der Waals surface area contributed by atoms with Crippen molar-refractivity contribution in [2.45, 2.75) is 37.4 Å². The van der Waals surface area contributed by atoms with E-state index in [-0.39, 0.29) is 0 Å². The normalized spacial score (nSPS) is 40.7. The van der Waals surface area contributed by atoms with E-state index >= 15 is 0 Å². The van der Waals surface area contributed by atoms with Crippen LogP contribution in [0.5, 0.6) is 0 Å². The van der Waals surface area contributed by atoms with Gasteiger partial charge in [-0.05, 0) is 19.3 Å². The van der Waals surface area contributed by atoms with Crippen LogP contribution < -0.4 is 0 Å². The Morgan fingerprint density at radius 2 is 2.30 bits per heavy atom. The second-order valence-electron chi connectivity index (χ2n) is 2.93. The Labute approximate surface area is 60.9 Å². The molecule has 0 aromatic rings. The molecule has 2 N–H and O–H groups in total. The SMILES string of the molecule is C#C[C@]1(O)CCC[C@@H](O)C1. The topological polar surface area (TPSA) is 40.5 Å². The lowest BCUT2D eigenvalue weighted by Gasteiger charge is -2.29. The Morgan fingerprint density at radius 1 is 1.60 bits per heavy atom. The van der Waals surface area contributed by atoms with E-state index in [0.717, 1.165) is 12.8 Å². The number of hydrogen-bond donors (Lipinski definition) is 2. The Hall–Kier alpha value is -0.520. The number of rotatable bonds is 0. The smallest absolute Gasteiger partial charge is 0.127 e. The van der Waals surface area contributed by atoms with Gasteiger partial charge in [-0.2, -0.15) is 0 Å². The third-order valence-corrected chi connectivity index (χ3v) is 1.97. The summed E-state index contributed by atoms with van der Waals surface area (Å²) in [6.45, 7) is 0. The number of aliphatic hydroxyl groups is 2. The number of terminal acetylenes is 1. The van der Waals surface area contributed by atoms with Crippen molar-refractivity contribution in [2.75, 3.05) is 0 Å².